The van der Waals surface area contributed by atoms with Gasteiger partial charge in [-0.3, -0.25) is 20.4 Å². The number of hydrogen-bond acceptors (Lipinski definition) is 5. The maximum Gasteiger partial charge on any atom is 0.586 e. The predicted molar refractivity (Wildman–Crippen MR) is 83.9 cm³/mol. The minimum absolute atomic E-state index is 0.121. The van der Waals surface area contributed by atoms with E-state index >= 15 is 0 Å². The summed E-state index contributed by atoms with van der Waals surface area (Å²) in [4.78, 5) is 25.5. The molecule has 1 fully saturated rings. The number of hydrogen-bond donors (Lipinski definition) is 2. The number of likely N-dealkylation sites (tertiary alicyclic amines) is 1. The summed E-state index contributed by atoms with van der Waals surface area (Å²) in [7, 11) is 0. The monoisotopic (exact) mass is 353 g/mol. The summed E-state index contributed by atoms with van der Waals surface area (Å²) in [6.45, 7) is 4.29. The van der Waals surface area contributed by atoms with Gasteiger partial charge in [-0.25, -0.2) is 0 Å². The number of benzene rings is 1. The Morgan fingerprint density at radius 2 is 2.16 bits per heavy atom. The summed E-state index contributed by atoms with van der Waals surface area (Å²) >= 11 is 0. The first-order chi connectivity index (χ1) is 11.9. The van der Waals surface area contributed by atoms with E-state index in [-0.39, 0.29) is 35.5 Å². The Kier molecular flexibility index (Phi) is 4.47. The van der Waals surface area contributed by atoms with Crippen LogP contribution < -0.4 is 20.3 Å². The van der Waals surface area contributed by atoms with Crippen LogP contribution in [0.4, 0.5) is 14.5 Å². The van der Waals surface area contributed by atoms with Crippen LogP contribution in [0, 0.1) is 5.92 Å². The molecule has 134 valence electrons. The highest BCUT2D eigenvalue weighted by Crippen LogP contribution is 2.45. The number of alkyl halides is 2. The van der Waals surface area contributed by atoms with Crippen LogP contribution in [0.3, 0.4) is 0 Å². The Labute approximate surface area is 142 Å². The molecule has 0 radical (unpaired) electrons. The molecule has 2 N–H and O–H groups in total. The van der Waals surface area contributed by atoms with Crippen LogP contribution in [-0.2, 0) is 9.59 Å². The highest BCUT2D eigenvalue weighted by Gasteiger charge is 2.44. The van der Waals surface area contributed by atoms with Crippen LogP contribution in [0.1, 0.15) is 12.8 Å². The van der Waals surface area contributed by atoms with Gasteiger partial charge in [-0.1, -0.05) is 12.6 Å². The van der Waals surface area contributed by atoms with E-state index in [2.05, 4.69) is 26.9 Å². The van der Waals surface area contributed by atoms with E-state index in [0.717, 1.165) is 0 Å². The molecule has 2 aliphatic heterocycles. The molecule has 1 aromatic carbocycles. The number of para-hydroxylation sites is 1. The Balaban J connectivity index is 1.61. The van der Waals surface area contributed by atoms with Gasteiger partial charge in [0.2, 0.25) is 11.8 Å². The normalized spacial score (nSPS) is 20.7. The van der Waals surface area contributed by atoms with Crippen molar-refractivity contribution in [2.45, 2.75) is 19.1 Å². The van der Waals surface area contributed by atoms with Crippen molar-refractivity contribution in [3.63, 3.8) is 0 Å². The van der Waals surface area contributed by atoms with E-state index in [1.165, 1.54) is 24.3 Å². The molecule has 2 amide bonds. The number of carbonyl (C=O) groups is 2. The zero-order chi connectivity index (χ0) is 18.0. The van der Waals surface area contributed by atoms with E-state index < -0.39 is 12.2 Å². The molecule has 3 rings (SSSR count). The van der Waals surface area contributed by atoms with E-state index in [1.54, 1.807) is 4.90 Å². The lowest BCUT2D eigenvalue weighted by Gasteiger charge is -2.31. The van der Waals surface area contributed by atoms with Gasteiger partial charge in [0.1, 0.15) is 5.69 Å². The van der Waals surface area contributed by atoms with Crippen molar-refractivity contribution in [3.05, 3.63) is 30.9 Å². The maximum absolute atomic E-state index is 13.2. The number of anilines is 1. The summed E-state index contributed by atoms with van der Waals surface area (Å²) < 4.78 is 35.1. The van der Waals surface area contributed by atoms with Gasteiger partial charge in [0.05, 0.1) is 5.92 Å². The predicted octanol–water partition coefficient (Wildman–Crippen LogP) is 1.88. The van der Waals surface area contributed by atoms with Crippen molar-refractivity contribution in [2.75, 3.05) is 18.5 Å². The van der Waals surface area contributed by atoms with Crippen LogP contribution >= 0.6 is 0 Å². The average Bonchev–Trinajstić information content (AvgIpc) is 2.93. The van der Waals surface area contributed by atoms with Gasteiger partial charge >= 0.3 is 6.29 Å². The fourth-order valence-corrected chi connectivity index (χ4v) is 2.82. The van der Waals surface area contributed by atoms with E-state index in [0.29, 0.717) is 19.4 Å². The SMILES string of the molecule is C=CC(=O)N1CCCC(C(=O)NNc2cccc3c2OC(F)(F)O3)C1. The number of amides is 2. The molecule has 2 heterocycles. The van der Waals surface area contributed by atoms with Gasteiger partial charge in [0.15, 0.2) is 11.5 Å². The van der Waals surface area contributed by atoms with Crippen molar-refractivity contribution in [1.82, 2.24) is 10.3 Å². The number of rotatable bonds is 4. The largest absolute Gasteiger partial charge is 0.586 e. The van der Waals surface area contributed by atoms with Gasteiger partial charge in [-0.15, -0.1) is 8.78 Å². The summed E-state index contributed by atoms with van der Waals surface area (Å²) in [6, 6.07) is 4.30. The van der Waals surface area contributed by atoms with Gasteiger partial charge in [0, 0.05) is 13.1 Å². The van der Waals surface area contributed by atoms with Crippen molar-refractivity contribution in [1.29, 1.82) is 0 Å². The number of ether oxygens (including phenoxy) is 2. The number of carbonyl (C=O) groups excluding carboxylic acids is 2. The van der Waals surface area contributed by atoms with Crippen LogP contribution in [0.2, 0.25) is 0 Å². The van der Waals surface area contributed by atoms with Gasteiger partial charge in [0.25, 0.3) is 0 Å². The first-order valence-corrected chi connectivity index (χ1v) is 7.75. The third-order valence-electron chi connectivity index (χ3n) is 4.03. The highest BCUT2D eigenvalue weighted by molar-refractivity contribution is 5.88. The molecule has 0 spiro atoms. The molecule has 1 atom stereocenters. The number of hydrazine groups is 1. The van der Waals surface area contributed by atoms with Crippen LogP contribution in [0.25, 0.3) is 0 Å². The minimum Gasteiger partial charge on any atom is -0.395 e. The van der Waals surface area contributed by atoms with E-state index in [9.17, 15) is 18.4 Å². The standard InChI is InChI=1S/C16H17F2N3O4/c1-2-13(22)21-8-4-5-10(9-21)15(23)20-19-11-6-3-7-12-14(11)25-16(17,18)24-12/h2-3,6-7,10,19H,1,4-5,8-9H2,(H,20,23). The van der Waals surface area contributed by atoms with Crippen LogP contribution in [0.5, 0.6) is 11.5 Å². The average molecular weight is 353 g/mol. The maximum atomic E-state index is 13.2. The lowest BCUT2D eigenvalue weighted by molar-refractivity contribution is -0.286. The number of halogens is 2. The summed E-state index contributed by atoms with van der Waals surface area (Å²) in [5.74, 6) is -1.27. The first-order valence-electron chi connectivity index (χ1n) is 7.75. The molecule has 0 aliphatic carbocycles. The number of piperidine rings is 1. The van der Waals surface area contributed by atoms with Crippen molar-refractivity contribution in [2.24, 2.45) is 5.92 Å². The second kappa shape index (κ2) is 6.58. The summed E-state index contributed by atoms with van der Waals surface area (Å²) in [6.07, 6.45) is -1.21. The zero-order valence-electron chi connectivity index (χ0n) is 13.3. The van der Waals surface area contributed by atoms with Gasteiger partial charge in [-0.2, -0.15) is 0 Å². The second-order valence-corrected chi connectivity index (χ2v) is 5.74. The molecule has 2 aliphatic rings. The Morgan fingerprint density at radius 1 is 1.36 bits per heavy atom. The third-order valence-corrected chi connectivity index (χ3v) is 4.03. The molecule has 25 heavy (non-hydrogen) atoms. The smallest absolute Gasteiger partial charge is 0.395 e. The van der Waals surface area contributed by atoms with Gasteiger partial charge < -0.3 is 14.4 Å². The number of nitrogens with one attached hydrogen (secondary N) is 2. The van der Waals surface area contributed by atoms with E-state index in [4.69, 9.17) is 0 Å². The molecule has 0 bridgehead atoms. The van der Waals surface area contributed by atoms with Crippen molar-refractivity contribution >= 4 is 17.5 Å². The second-order valence-electron chi connectivity index (χ2n) is 5.74. The fraction of sp³-hybridized carbons (Fsp3) is 0.375. The lowest BCUT2D eigenvalue weighted by Crippen LogP contribution is -2.46. The van der Waals surface area contributed by atoms with E-state index in [1.807, 2.05) is 0 Å². The quantitative estimate of drug-likeness (QED) is 0.638. The van der Waals surface area contributed by atoms with Crippen LogP contribution in [-0.4, -0.2) is 36.1 Å². The molecule has 0 aromatic heterocycles. The topological polar surface area (TPSA) is 79.9 Å². The molecule has 1 saturated heterocycles. The van der Waals surface area contributed by atoms with Crippen LogP contribution in [0.15, 0.2) is 30.9 Å². The summed E-state index contributed by atoms with van der Waals surface area (Å²) in [5, 5.41) is 0. The van der Waals surface area contributed by atoms with Crippen molar-refractivity contribution < 1.29 is 27.8 Å². The van der Waals surface area contributed by atoms with Gasteiger partial charge in [-0.05, 0) is 31.1 Å². The molecule has 1 aromatic rings. The zero-order valence-corrected chi connectivity index (χ0v) is 13.3. The molecule has 7 nitrogen and oxygen atoms in total. The summed E-state index contributed by atoms with van der Waals surface area (Å²) in [5.41, 5.74) is 5.20. The third kappa shape index (κ3) is 3.65. The molecule has 0 saturated carbocycles. The number of fused-ring (bicyclic) bond motifs is 1. The fourth-order valence-electron chi connectivity index (χ4n) is 2.82. The highest BCUT2D eigenvalue weighted by atomic mass is 19.3. The minimum atomic E-state index is -3.74. The Bertz CT molecular complexity index is 711. The molecule has 9 heteroatoms. The Morgan fingerprint density at radius 3 is 2.92 bits per heavy atom. The lowest BCUT2D eigenvalue weighted by atomic mass is 9.97. The Hall–Kier alpha value is -2.84. The molecular weight excluding hydrogens is 336 g/mol. The molecular formula is C16H17F2N3O4. The van der Waals surface area contributed by atoms with Crippen molar-refractivity contribution in [3.8, 4) is 11.5 Å². The first kappa shape index (κ1) is 17.0. The number of nitrogens with zero attached hydrogens (tertiary/aromatic N) is 1. The molecule has 1 unspecified atom stereocenters.